The molecule has 1 heterocycles. The molecular weight excluding hydrogens is 228 g/mol. The number of aromatic nitrogens is 2. The summed E-state index contributed by atoms with van der Waals surface area (Å²) in [6.07, 6.45) is 5.39. The van der Waals surface area contributed by atoms with Gasteiger partial charge in [0.05, 0.1) is 12.6 Å². The van der Waals surface area contributed by atoms with Gasteiger partial charge in [-0.2, -0.15) is 0 Å². The lowest BCUT2D eigenvalue weighted by Crippen LogP contribution is -2.34. The molecule has 1 aliphatic carbocycles. The molecular formula is C14H22N2O2. The molecule has 2 rings (SSSR count). The maximum atomic E-state index is 11.9. The molecule has 0 radical (unpaired) electrons. The van der Waals surface area contributed by atoms with Gasteiger partial charge in [-0.25, -0.2) is 4.98 Å². The second-order valence-corrected chi connectivity index (χ2v) is 5.36. The number of nitrogens with zero attached hydrogens (tertiary/aromatic N) is 2. The Balaban J connectivity index is 2.11. The Morgan fingerprint density at radius 3 is 2.67 bits per heavy atom. The van der Waals surface area contributed by atoms with E-state index in [4.69, 9.17) is 0 Å². The third-order valence-corrected chi connectivity index (χ3v) is 3.89. The monoisotopic (exact) mass is 250 g/mol. The third-order valence-electron chi connectivity index (χ3n) is 3.89. The summed E-state index contributed by atoms with van der Waals surface area (Å²) in [6.45, 7) is 4.01. The molecule has 4 nitrogen and oxygen atoms in total. The minimum Gasteiger partial charge on any atom is -0.391 e. The van der Waals surface area contributed by atoms with Crippen LogP contribution in [-0.4, -0.2) is 20.8 Å². The molecule has 1 fully saturated rings. The molecule has 0 aliphatic heterocycles. The molecule has 0 spiro atoms. The number of aliphatic hydroxyl groups is 1. The van der Waals surface area contributed by atoms with Crippen LogP contribution < -0.4 is 5.56 Å². The van der Waals surface area contributed by atoms with Crippen molar-refractivity contribution in [3.05, 3.63) is 27.9 Å². The van der Waals surface area contributed by atoms with E-state index in [-0.39, 0.29) is 5.56 Å². The fourth-order valence-corrected chi connectivity index (χ4v) is 2.84. The second-order valence-electron chi connectivity index (χ2n) is 5.36. The van der Waals surface area contributed by atoms with Crippen LogP contribution in [-0.2, 0) is 6.54 Å². The Labute approximate surface area is 108 Å². The standard InChI is InChI=1S/C14H22N2O2/c1-10-8-14(18)16(11(2)15-10)9-13(17)12-6-4-3-5-7-12/h8,12-13,17H,3-7,9H2,1-2H3. The van der Waals surface area contributed by atoms with Gasteiger partial charge in [0.2, 0.25) is 0 Å². The average molecular weight is 250 g/mol. The van der Waals surface area contributed by atoms with Crippen LogP contribution in [0.15, 0.2) is 10.9 Å². The number of aryl methyl sites for hydroxylation is 2. The Morgan fingerprint density at radius 1 is 1.39 bits per heavy atom. The van der Waals surface area contributed by atoms with E-state index in [1.54, 1.807) is 4.57 Å². The summed E-state index contributed by atoms with van der Waals surface area (Å²) in [5, 5.41) is 10.3. The average Bonchev–Trinajstić information content (AvgIpc) is 2.34. The zero-order valence-corrected chi connectivity index (χ0v) is 11.2. The predicted molar refractivity (Wildman–Crippen MR) is 70.6 cm³/mol. The molecule has 0 amide bonds. The number of hydrogen-bond donors (Lipinski definition) is 1. The fraction of sp³-hybridized carbons (Fsp3) is 0.714. The van der Waals surface area contributed by atoms with Crippen LogP contribution in [0, 0.1) is 19.8 Å². The van der Waals surface area contributed by atoms with Gasteiger partial charge in [-0.05, 0) is 32.6 Å². The van der Waals surface area contributed by atoms with Crippen molar-refractivity contribution in [2.24, 2.45) is 5.92 Å². The molecule has 1 aromatic heterocycles. The van der Waals surface area contributed by atoms with Gasteiger partial charge < -0.3 is 5.11 Å². The first-order chi connectivity index (χ1) is 8.58. The van der Waals surface area contributed by atoms with Crippen LogP contribution in [0.5, 0.6) is 0 Å². The van der Waals surface area contributed by atoms with Gasteiger partial charge in [0.25, 0.3) is 5.56 Å². The molecule has 18 heavy (non-hydrogen) atoms. The molecule has 4 heteroatoms. The highest BCUT2D eigenvalue weighted by Gasteiger charge is 2.22. The summed E-state index contributed by atoms with van der Waals surface area (Å²) in [5.74, 6) is 1.03. The molecule has 1 saturated carbocycles. The number of rotatable bonds is 3. The molecule has 1 unspecified atom stereocenters. The first-order valence-corrected chi connectivity index (χ1v) is 6.81. The summed E-state index contributed by atoms with van der Waals surface area (Å²) in [7, 11) is 0. The summed E-state index contributed by atoms with van der Waals surface area (Å²) < 4.78 is 1.59. The van der Waals surface area contributed by atoms with Gasteiger partial charge in [-0.15, -0.1) is 0 Å². The SMILES string of the molecule is Cc1cc(=O)n(CC(O)C2CCCCC2)c(C)n1. The van der Waals surface area contributed by atoms with Gasteiger partial charge in [0, 0.05) is 11.8 Å². The second kappa shape index (κ2) is 5.65. The molecule has 0 saturated heterocycles. The minimum atomic E-state index is -0.425. The minimum absolute atomic E-state index is 0.0603. The van der Waals surface area contributed by atoms with Gasteiger partial charge in [0.1, 0.15) is 5.82 Å². The first kappa shape index (κ1) is 13.3. The quantitative estimate of drug-likeness (QED) is 0.890. The van der Waals surface area contributed by atoms with Gasteiger partial charge in [-0.1, -0.05) is 19.3 Å². The molecule has 1 N–H and O–H groups in total. The summed E-state index contributed by atoms with van der Waals surface area (Å²) in [5.41, 5.74) is 0.677. The van der Waals surface area contributed by atoms with Gasteiger partial charge >= 0.3 is 0 Å². The van der Waals surface area contributed by atoms with Crippen molar-refractivity contribution in [2.75, 3.05) is 0 Å². The smallest absolute Gasteiger partial charge is 0.253 e. The lowest BCUT2D eigenvalue weighted by molar-refractivity contribution is 0.0678. The molecule has 0 aromatic carbocycles. The van der Waals surface area contributed by atoms with Gasteiger partial charge in [0.15, 0.2) is 0 Å². The first-order valence-electron chi connectivity index (χ1n) is 6.81. The molecule has 100 valence electrons. The van der Waals surface area contributed by atoms with Crippen LogP contribution in [0.25, 0.3) is 0 Å². The zero-order valence-electron chi connectivity index (χ0n) is 11.2. The fourth-order valence-electron chi connectivity index (χ4n) is 2.84. The Bertz CT molecular complexity index is 461. The van der Waals surface area contributed by atoms with E-state index in [2.05, 4.69) is 4.98 Å². The lowest BCUT2D eigenvalue weighted by atomic mass is 9.85. The molecule has 0 bridgehead atoms. The molecule has 1 aliphatic rings. The van der Waals surface area contributed by atoms with Crippen LogP contribution in [0.4, 0.5) is 0 Å². The van der Waals surface area contributed by atoms with E-state index in [0.717, 1.165) is 18.5 Å². The molecule has 1 atom stereocenters. The molecule has 1 aromatic rings. The van der Waals surface area contributed by atoms with Crippen LogP contribution in [0.2, 0.25) is 0 Å². The van der Waals surface area contributed by atoms with Gasteiger partial charge in [-0.3, -0.25) is 9.36 Å². The maximum absolute atomic E-state index is 11.9. The van der Waals surface area contributed by atoms with Crippen LogP contribution in [0.1, 0.15) is 43.6 Å². The van der Waals surface area contributed by atoms with E-state index in [1.165, 1.54) is 25.3 Å². The highest BCUT2D eigenvalue weighted by molar-refractivity contribution is 5.01. The highest BCUT2D eigenvalue weighted by atomic mass is 16.3. The van der Waals surface area contributed by atoms with Crippen molar-refractivity contribution >= 4 is 0 Å². The number of hydrogen-bond acceptors (Lipinski definition) is 3. The van der Waals surface area contributed by atoms with Crippen molar-refractivity contribution in [1.82, 2.24) is 9.55 Å². The van der Waals surface area contributed by atoms with E-state index in [9.17, 15) is 9.90 Å². The van der Waals surface area contributed by atoms with E-state index < -0.39 is 6.10 Å². The van der Waals surface area contributed by atoms with Crippen molar-refractivity contribution in [1.29, 1.82) is 0 Å². The largest absolute Gasteiger partial charge is 0.391 e. The Hall–Kier alpha value is -1.16. The van der Waals surface area contributed by atoms with E-state index in [1.807, 2.05) is 13.8 Å². The third kappa shape index (κ3) is 2.99. The zero-order chi connectivity index (χ0) is 13.1. The Kier molecular flexibility index (Phi) is 4.17. The van der Waals surface area contributed by atoms with Crippen LogP contribution >= 0.6 is 0 Å². The topological polar surface area (TPSA) is 55.1 Å². The van der Waals surface area contributed by atoms with Crippen molar-refractivity contribution in [2.45, 2.75) is 58.6 Å². The van der Waals surface area contributed by atoms with Crippen LogP contribution in [0.3, 0.4) is 0 Å². The lowest BCUT2D eigenvalue weighted by Gasteiger charge is -2.27. The summed E-state index contributed by atoms with van der Waals surface area (Å²) in [4.78, 5) is 16.2. The normalized spacial score (nSPS) is 18.8. The number of aliphatic hydroxyl groups excluding tert-OH is 1. The van der Waals surface area contributed by atoms with Crippen molar-refractivity contribution in [3.63, 3.8) is 0 Å². The predicted octanol–water partition coefficient (Wildman–Crippen LogP) is 1.80. The van der Waals surface area contributed by atoms with Crippen molar-refractivity contribution in [3.8, 4) is 0 Å². The maximum Gasteiger partial charge on any atom is 0.253 e. The van der Waals surface area contributed by atoms with E-state index >= 15 is 0 Å². The highest BCUT2D eigenvalue weighted by Crippen LogP contribution is 2.26. The summed E-state index contributed by atoms with van der Waals surface area (Å²) >= 11 is 0. The van der Waals surface area contributed by atoms with Crippen molar-refractivity contribution < 1.29 is 5.11 Å². The summed E-state index contributed by atoms with van der Waals surface area (Å²) in [6, 6.07) is 1.53. The van der Waals surface area contributed by atoms with E-state index in [0.29, 0.717) is 18.3 Å². The Morgan fingerprint density at radius 2 is 2.06 bits per heavy atom.